The number of pyridine rings is 1. The molecule has 4 N–H and O–H groups in total. The summed E-state index contributed by atoms with van der Waals surface area (Å²) in [6.07, 6.45) is 1.10. The molecule has 0 saturated heterocycles. The van der Waals surface area contributed by atoms with Crippen LogP contribution in [0, 0.1) is 5.82 Å². The van der Waals surface area contributed by atoms with E-state index in [1.165, 1.54) is 12.1 Å². The van der Waals surface area contributed by atoms with E-state index in [-0.39, 0.29) is 30.5 Å². The van der Waals surface area contributed by atoms with Crippen LogP contribution in [0.15, 0.2) is 30.3 Å². The molecule has 1 aromatic heterocycles. The minimum Gasteiger partial charge on any atom is -0.392 e. The molecule has 2 atom stereocenters. The van der Waals surface area contributed by atoms with E-state index in [4.69, 9.17) is 15.5 Å². The summed E-state index contributed by atoms with van der Waals surface area (Å²) >= 11 is 0. The molecule has 0 aliphatic heterocycles. The van der Waals surface area contributed by atoms with Gasteiger partial charge in [-0.2, -0.15) is 0 Å². The topological polar surface area (TPSA) is 106 Å². The Hall–Kier alpha value is -2.61. The van der Waals surface area contributed by atoms with Crippen LogP contribution in [0.2, 0.25) is 0 Å². The van der Waals surface area contributed by atoms with E-state index in [0.717, 1.165) is 33.6 Å². The average molecular weight is 459 g/mol. The van der Waals surface area contributed by atoms with Gasteiger partial charge in [-0.3, -0.25) is 9.78 Å². The predicted octanol–water partition coefficient (Wildman–Crippen LogP) is 4.28. The normalized spacial score (nSPS) is 13.8. The Labute approximate surface area is 195 Å². The zero-order chi connectivity index (χ0) is 24.7. The highest BCUT2D eigenvalue weighted by Crippen LogP contribution is 2.37. The molecule has 1 heterocycles. The second-order valence-electron chi connectivity index (χ2n) is 8.89. The third kappa shape index (κ3) is 7.19. The fourth-order valence-electron chi connectivity index (χ4n) is 3.88. The van der Waals surface area contributed by atoms with E-state index in [0.29, 0.717) is 6.61 Å². The Morgan fingerprint density at radius 1 is 1.12 bits per heavy atom. The van der Waals surface area contributed by atoms with Crippen LogP contribution in [-0.2, 0) is 16.1 Å². The van der Waals surface area contributed by atoms with Crippen molar-refractivity contribution < 1.29 is 24.1 Å². The summed E-state index contributed by atoms with van der Waals surface area (Å²) in [4.78, 5) is 16.0. The maximum atomic E-state index is 13.7. The number of aliphatic hydroxyl groups is 2. The van der Waals surface area contributed by atoms with Gasteiger partial charge in [0.05, 0.1) is 30.9 Å². The van der Waals surface area contributed by atoms with Gasteiger partial charge in [0.15, 0.2) is 0 Å². The molecular formula is C26H35FN2O4. The fraction of sp³-hybridized carbons (Fsp3) is 0.462. The third-order valence-electron chi connectivity index (χ3n) is 5.35. The monoisotopic (exact) mass is 458 g/mol. The zero-order valence-electron chi connectivity index (χ0n) is 20.0. The van der Waals surface area contributed by atoms with E-state index in [2.05, 4.69) is 13.8 Å². The van der Waals surface area contributed by atoms with Crippen molar-refractivity contribution in [3.05, 3.63) is 58.7 Å². The SMILES string of the molecule is COCc1c(C(C)C)nc(C(C)C)c(/C=C/C(O)CC(O)CC(N)=O)c1-c1ccc(F)cc1. The van der Waals surface area contributed by atoms with E-state index < -0.39 is 18.1 Å². The van der Waals surface area contributed by atoms with Crippen molar-refractivity contribution in [1.29, 1.82) is 0 Å². The number of halogens is 1. The summed E-state index contributed by atoms with van der Waals surface area (Å²) in [5.74, 6) is -0.739. The van der Waals surface area contributed by atoms with E-state index in [1.54, 1.807) is 31.4 Å². The number of carbonyl (C=O) groups excluding carboxylic acids is 1. The molecule has 1 amide bonds. The molecule has 0 bridgehead atoms. The van der Waals surface area contributed by atoms with Gasteiger partial charge in [0.2, 0.25) is 5.91 Å². The predicted molar refractivity (Wildman–Crippen MR) is 128 cm³/mol. The molecule has 0 fully saturated rings. The number of rotatable bonds is 11. The summed E-state index contributed by atoms with van der Waals surface area (Å²) in [6.45, 7) is 8.55. The molecule has 0 aliphatic rings. The second-order valence-corrected chi connectivity index (χ2v) is 8.89. The van der Waals surface area contributed by atoms with Crippen molar-refractivity contribution in [1.82, 2.24) is 4.98 Å². The molecule has 6 nitrogen and oxygen atoms in total. The number of nitrogens with two attached hydrogens (primary N) is 1. The molecule has 0 spiro atoms. The lowest BCUT2D eigenvalue weighted by Crippen LogP contribution is -2.23. The minimum atomic E-state index is -1.03. The van der Waals surface area contributed by atoms with Gasteiger partial charge in [0, 0.05) is 30.4 Å². The van der Waals surface area contributed by atoms with Crippen LogP contribution < -0.4 is 5.73 Å². The molecule has 33 heavy (non-hydrogen) atoms. The number of methoxy groups -OCH3 is 1. The largest absolute Gasteiger partial charge is 0.392 e. The maximum Gasteiger partial charge on any atom is 0.220 e. The van der Waals surface area contributed by atoms with Crippen molar-refractivity contribution in [2.24, 2.45) is 5.73 Å². The number of aliphatic hydroxyl groups excluding tert-OH is 2. The Kier molecular flexibility index (Phi) is 9.70. The summed E-state index contributed by atoms with van der Waals surface area (Å²) in [5.41, 5.74) is 10.3. The van der Waals surface area contributed by atoms with Gasteiger partial charge in [-0.05, 0) is 35.1 Å². The summed E-state index contributed by atoms with van der Waals surface area (Å²) in [5, 5.41) is 20.4. The molecule has 1 aromatic carbocycles. The Morgan fingerprint density at radius 3 is 2.24 bits per heavy atom. The lowest BCUT2D eigenvalue weighted by Gasteiger charge is -2.23. The number of amides is 1. The summed E-state index contributed by atoms with van der Waals surface area (Å²) < 4.78 is 19.2. The van der Waals surface area contributed by atoms with Crippen LogP contribution in [0.5, 0.6) is 0 Å². The van der Waals surface area contributed by atoms with Crippen LogP contribution in [0.3, 0.4) is 0 Å². The van der Waals surface area contributed by atoms with Crippen molar-refractivity contribution in [2.45, 2.75) is 71.2 Å². The average Bonchev–Trinajstić information content (AvgIpc) is 2.72. The van der Waals surface area contributed by atoms with Crippen molar-refractivity contribution in [2.75, 3.05) is 7.11 Å². The van der Waals surface area contributed by atoms with Gasteiger partial charge >= 0.3 is 0 Å². The van der Waals surface area contributed by atoms with Crippen LogP contribution in [0.1, 0.15) is 74.9 Å². The molecular weight excluding hydrogens is 423 g/mol. The number of primary amides is 1. The van der Waals surface area contributed by atoms with Gasteiger partial charge in [0.25, 0.3) is 0 Å². The molecule has 2 unspecified atom stereocenters. The molecule has 2 aromatic rings. The number of nitrogens with zero attached hydrogens (tertiary/aromatic N) is 1. The fourth-order valence-corrected chi connectivity index (χ4v) is 3.88. The Morgan fingerprint density at radius 2 is 1.73 bits per heavy atom. The molecule has 2 rings (SSSR count). The first-order valence-corrected chi connectivity index (χ1v) is 11.2. The van der Waals surface area contributed by atoms with Gasteiger partial charge in [-0.15, -0.1) is 0 Å². The quantitative estimate of drug-likeness (QED) is 0.466. The summed E-state index contributed by atoms with van der Waals surface area (Å²) in [7, 11) is 1.62. The van der Waals surface area contributed by atoms with Gasteiger partial charge < -0.3 is 20.7 Å². The maximum absolute atomic E-state index is 13.7. The van der Waals surface area contributed by atoms with Gasteiger partial charge in [-0.25, -0.2) is 4.39 Å². The second kappa shape index (κ2) is 12.0. The molecule has 0 radical (unpaired) electrons. The first kappa shape index (κ1) is 26.6. The van der Waals surface area contributed by atoms with Crippen LogP contribution >= 0.6 is 0 Å². The minimum absolute atomic E-state index is 0.0230. The van der Waals surface area contributed by atoms with E-state index in [9.17, 15) is 19.4 Å². The lowest BCUT2D eigenvalue weighted by molar-refractivity contribution is -0.120. The number of hydrogen-bond donors (Lipinski definition) is 3. The van der Waals surface area contributed by atoms with Crippen molar-refractivity contribution in [3.63, 3.8) is 0 Å². The third-order valence-corrected chi connectivity index (χ3v) is 5.35. The Bertz CT molecular complexity index is 971. The molecule has 0 saturated carbocycles. The van der Waals surface area contributed by atoms with E-state index >= 15 is 0 Å². The Balaban J connectivity index is 2.69. The number of benzene rings is 1. The number of aromatic nitrogens is 1. The molecule has 180 valence electrons. The van der Waals surface area contributed by atoms with Gasteiger partial charge in [-0.1, -0.05) is 52.0 Å². The smallest absolute Gasteiger partial charge is 0.220 e. The van der Waals surface area contributed by atoms with Gasteiger partial charge in [0.1, 0.15) is 5.82 Å². The van der Waals surface area contributed by atoms with E-state index in [1.807, 2.05) is 13.8 Å². The van der Waals surface area contributed by atoms with Crippen molar-refractivity contribution in [3.8, 4) is 11.1 Å². The first-order chi connectivity index (χ1) is 15.5. The highest BCUT2D eigenvalue weighted by molar-refractivity contribution is 5.80. The summed E-state index contributed by atoms with van der Waals surface area (Å²) in [6, 6.07) is 6.28. The number of carbonyl (C=O) groups is 1. The van der Waals surface area contributed by atoms with Crippen LogP contribution in [-0.4, -0.2) is 40.4 Å². The molecule has 7 heteroatoms. The molecule has 0 aliphatic carbocycles. The lowest BCUT2D eigenvalue weighted by atomic mass is 9.87. The number of ether oxygens (including phenoxy) is 1. The first-order valence-electron chi connectivity index (χ1n) is 11.2. The van der Waals surface area contributed by atoms with Crippen LogP contribution in [0.25, 0.3) is 17.2 Å². The zero-order valence-corrected chi connectivity index (χ0v) is 20.0. The van der Waals surface area contributed by atoms with Crippen molar-refractivity contribution >= 4 is 12.0 Å². The highest BCUT2D eigenvalue weighted by Gasteiger charge is 2.23. The standard InChI is InChI=1S/C26H35FN2O4/c1-15(2)25-21(11-10-19(30)12-20(31)13-23(28)32)24(17-6-8-18(27)9-7-17)22(14-33-5)26(29-25)16(3)4/h6-11,15-16,19-20,30-31H,12-14H2,1-5H3,(H2,28,32)/b11-10+. The van der Waals surface area contributed by atoms with Crippen LogP contribution in [0.4, 0.5) is 4.39 Å². The number of hydrogen-bond acceptors (Lipinski definition) is 5. The highest BCUT2D eigenvalue weighted by atomic mass is 19.1.